The molecule has 0 unspecified atom stereocenters. The Kier molecular flexibility index (Phi) is 32.2. The van der Waals surface area contributed by atoms with Gasteiger partial charge in [-0.1, -0.05) is 53.4 Å². The number of rotatable bonds is 10. The molecule has 0 spiro atoms. The molecule has 0 aromatic heterocycles. The third kappa shape index (κ3) is 37.7. The van der Waals surface area contributed by atoms with Gasteiger partial charge in [0, 0.05) is 11.9 Å². The van der Waals surface area contributed by atoms with E-state index in [0.717, 1.165) is 38.5 Å². The largest absolute Gasteiger partial charge is 1.00 e. The number of unbranched alkanes of at least 4 members (excludes halogenated alkanes) is 2. The molecule has 0 bridgehead atoms. The summed E-state index contributed by atoms with van der Waals surface area (Å²) in [5.74, 6) is -0.490. The molecule has 0 saturated carbocycles. The summed E-state index contributed by atoms with van der Waals surface area (Å²) in [7, 11) is 0. The molecule has 0 radical (unpaired) electrons. The van der Waals surface area contributed by atoms with E-state index >= 15 is 0 Å². The van der Waals surface area contributed by atoms with Crippen molar-refractivity contribution >= 4 is 11.9 Å². The first-order chi connectivity index (χ1) is 9.25. The average molecular weight is 348 g/mol. The summed E-state index contributed by atoms with van der Waals surface area (Å²) in [5, 5.41) is 19.9. The maximum Gasteiger partial charge on any atom is 1.00 e. The summed E-state index contributed by atoms with van der Waals surface area (Å²) in [6, 6.07) is 0. The summed E-state index contributed by atoms with van der Waals surface area (Å²) in [5.41, 5.74) is 0. The SMILES string of the molecule is CC(C)CCCCC(=O)[O-].CC(C)CCCCC(=O)[O-].[K+].[Na+]. The zero-order valence-electron chi connectivity index (χ0n) is 15.4. The van der Waals surface area contributed by atoms with Crippen LogP contribution in [0.25, 0.3) is 0 Å². The van der Waals surface area contributed by atoms with Crippen LogP contribution in [0.1, 0.15) is 79.1 Å². The molecule has 22 heavy (non-hydrogen) atoms. The minimum Gasteiger partial charge on any atom is -0.550 e. The van der Waals surface area contributed by atoms with E-state index in [2.05, 4.69) is 27.7 Å². The van der Waals surface area contributed by atoms with Crippen LogP contribution < -0.4 is 91.2 Å². The quantitative estimate of drug-likeness (QED) is 0.297. The Hall–Kier alpha value is 1.58. The molecule has 0 atom stereocenters. The Morgan fingerprint density at radius 3 is 1.18 bits per heavy atom. The summed E-state index contributed by atoms with van der Waals surface area (Å²) >= 11 is 0. The summed E-state index contributed by atoms with van der Waals surface area (Å²) in [6.45, 7) is 8.55. The predicted molar refractivity (Wildman–Crippen MR) is 76.6 cm³/mol. The van der Waals surface area contributed by atoms with E-state index in [0.29, 0.717) is 11.8 Å². The molecule has 0 N–H and O–H groups in total. The number of carboxylic acids is 2. The van der Waals surface area contributed by atoms with Crippen molar-refractivity contribution in [3.63, 3.8) is 0 Å². The van der Waals surface area contributed by atoms with E-state index in [1.165, 1.54) is 0 Å². The van der Waals surface area contributed by atoms with Crippen LogP contribution in [0.4, 0.5) is 0 Å². The molecular formula is C16H30KNaO4. The summed E-state index contributed by atoms with van der Waals surface area (Å²) < 4.78 is 0. The number of hydrogen-bond donors (Lipinski definition) is 0. The molecule has 0 rings (SSSR count). The second kappa shape index (κ2) is 22.6. The molecule has 4 nitrogen and oxygen atoms in total. The second-order valence-corrected chi connectivity index (χ2v) is 6.02. The second-order valence-electron chi connectivity index (χ2n) is 6.02. The van der Waals surface area contributed by atoms with Crippen molar-refractivity contribution in [1.82, 2.24) is 0 Å². The van der Waals surface area contributed by atoms with Crippen molar-refractivity contribution in [2.45, 2.75) is 79.1 Å². The van der Waals surface area contributed by atoms with E-state index in [-0.39, 0.29) is 93.8 Å². The van der Waals surface area contributed by atoms with E-state index in [1.54, 1.807) is 0 Å². The average Bonchev–Trinajstić information content (AvgIpc) is 2.30. The van der Waals surface area contributed by atoms with E-state index in [1.807, 2.05) is 0 Å². The molecule has 0 aliphatic rings. The van der Waals surface area contributed by atoms with Gasteiger partial charge < -0.3 is 19.8 Å². The molecule has 0 amide bonds. The van der Waals surface area contributed by atoms with Crippen LogP contribution in [0.5, 0.6) is 0 Å². The fourth-order valence-electron chi connectivity index (χ4n) is 1.64. The molecule has 120 valence electrons. The topological polar surface area (TPSA) is 80.3 Å². The number of carboxylic acid groups (broad SMARTS) is 2. The van der Waals surface area contributed by atoms with Crippen molar-refractivity contribution in [2.24, 2.45) is 11.8 Å². The van der Waals surface area contributed by atoms with Crippen LogP contribution >= 0.6 is 0 Å². The number of carbonyl (C=O) groups excluding carboxylic acids is 2. The van der Waals surface area contributed by atoms with Gasteiger partial charge in [-0.25, -0.2) is 0 Å². The Bertz CT molecular complexity index is 233. The van der Waals surface area contributed by atoms with Crippen LogP contribution in [-0.2, 0) is 9.59 Å². The minimum atomic E-state index is -0.927. The number of carbonyl (C=O) groups is 2. The third-order valence-electron chi connectivity index (χ3n) is 2.82. The van der Waals surface area contributed by atoms with E-state index < -0.39 is 11.9 Å². The fraction of sp³-hybridized carbons (Fsp3) is 0.875. The van der Waals surface area contributed by atoms with Crippen molar-refractivity contribution in [3.05, 3.63) is 0 Å². The molecule has 0 saturated heterocycles. The molecule has 0 fully saturated rings. The van der Waals surface area contributed by atoms with Gasteiger partial charge in [0.25, 0.3) is 0 Å². The smallest absolute Gasteiger partial charge is 0.550 e. The standard InChI is InChI=1S/2C8H16O2.K.Na/c2*1-7(2)5-3-4-6-8(9)10;;/h2*7H,3-6H2,1-2H3,(H,9,10);;/q;;2*+1/p-2. The van der Waals surface area contributed by atoms with Crippen LogP contribution in [0.2, 0.25) is 0 Å². The molecule has 0 aliphatic heterocycles. The Morgan fingerprint density at radius 2 is 1.00 bits per heavy atom. The number of aliphatic carboxylic acids is 2. The van der Waals surface area contributed by atoms with Crippen LogP contribution in [0, 0.1) is 11.8 Å². The monoisotopic (exact) mass is 348 g/mol. The molecular weight excluding hydrogens is 318 g/mol. The van der Waals surface area contributed by atoms with Gasteiger partial charge in [0.15, 0.2) is 0 Å². The molecule has 0 heterocycles. The van der Waals surface area contributed by atoms with Gasteiger partial charge in [-0.15, -0.1) is 0 Å². The Morgan fingerprint density at radius 1 is 0.727 bits per heavy atom. The zero-order chi connectivity index (χ0) is 16.0. The van der Waals surface area contributed by atoms with Gasteiger partial charge in [0.2, 0.25) is 0 Å². The normalized spacial score (nSPS) is 9.36. The molecule has 0 aromatic rings. The Labute approximate surface area is 200 Å². The van der Waals surface area contributed by atoms with Crippen LogP contribution in [0.15, 0.2) is 0 Å². The van der Waals surface area contributed by atoms with Crippen LogP contribution in [-0.4, -0.2) is 11.9 Å². The zero-order valence-corrected chi connectivity index (χ0v) is 20.6. The molecule has 0 aromatic carbocycles. The number of hydrogen-bond acceptors (Lipinski definition) is 4. The summed E-state index contributed by atoms with van der Waals surface area (Å²) in [4.78, 5) is 19.9. The minimum absolute atomic E-state index is 0. The van der Waals surface area contributed by atoms with Crippen molar-refractivity contribution < 1.29 is 101 Å². The maximum atomic E-state index is 9.93. The first-order valence-electron chi connectivity index (χ1n) is 7.65. The third-order valence-corrected chi connectivity index (χ3v) is 2.82. The van der Waals surface area contributed by atoms with Crippen molar-refractivity contribution in [1.29, 1.82) is 0 Å². The summed E-state index contributed by atoms with van der Waals surface area (Å²) in [6.07, 6.45) is 6.21. The maximum absolute atomic E-state index is 9.93. The fourth-order valence-corrected chi connectivity index (χ4v) is 1.64. The van der Waals surface area contributed by atoms with Gasteiger partial charge in [-0.2, -0.15) is 0 Å². The first kappa shape index (κ1) is 31.4. The van der Waals surface area contributed by atoms with Gasteiger partial charge in [-0.3, -0.25) is 0 Å². The van der Waals surface area contributed by atoms with Crippen molar-refractivity contribution in [2.75, 3.05) is 0 Å². The van der Waals surface area contributed by atoms with Gasteiger partial charge in [0.1, 0.15) is 0 Å². The molecule has 0 aliphatic carbocycles. The van der Waals surface area contributed by atoms with Gasteiger partial charge in [0.05, 0.1) is 0 Å². The van der Waals surface area contributed by atoms with Gasteiger partial charge >= 0.3 is 80.9 Å². The van der Waals surface area contributed by atoms with Gasteiger partial charge in [-0.05, 0) is 37.5 Å². The predicted octanol–water partition coefficient (Wildman–Crippen LogP) is -4.09. The van der Waals surface area contributed by atoms with Crippen LogP contribution in [0.3, 0.4) is 0 Å². The van der Waals surface area contributed by atoms with E-state index in [4.69, 9.17) is 0 Å². The first-order valence-corrected chi connectivity index (χ1v) is 7.65. The molecule has 6 heteroatoms. The van der Waals surface area contributed by atoms with Crippen molar-refractivity contribution in [3.8, 4) is 0 Å². The van der Waals surface area contributed by atoms with E-state index in [9.17, 15) is 19.8 Å². The Balaban J connectivity index is -0.000000135.